The Morgan fingerprint density at radius 2 is 1.95 bits per heavy atom. The van der Waals surface area contributed by atoms with Crippen molar-refractivity contribution in [1.82, 2.24) is 10.2 Å². The number of aliphatic hydroxyl groups excluding tert-OH is 1. The van der Waals surface area contributed by atoms with Crippen LogP contribution >= 0.6 is 11.6 Å². The fourth-order valence-corrected chi connectivity index (χ4v) is 3.21. The standard InChI is InChI=1S/C15H14ClF3N2O/c16-10-6-3-5-9(15(17,18)19)12(10)14(22)13-8-4-1-2-7-11(8)20-21-13/h3,5-6,14,22H,1-2,4,7H2,(H,20,21). The highest BCUT2D eigenvalue weighted by Gasteiger charge is 2.37. The van der Waals surface area contributed by atoms with Gasteiger partial charge >= 0.3 is 6.18 Å². The third-order valence-electron chi connectivity index (χ3n) is 3.98. The Hall–Kier alpha value is -1.53. The highest BCUT2D eigenvalue weighted by molar-refractivity contribution is 6.31. The Morgan fingerprint density at radius 3 is 2.68 bits per heavy atom. The number of hydrogen-bond donors (Lipinski definition) is 2. The van der Waals surface area contributed by atoms with E-state index in [2.05, 4.69) is 10.2 Å². The van der Waals surface area contributed by atoms with Gasteiger partial charge in [-0.3, -0.25) is 5.10 Å². The second-order valence-corrected chi connectivity index (χ2v) is 5.78. The van der Waals surface area contributed by atoms with Crippen molar-refractivity contribution in [2.24, 2.45) is 0 Å². The molecule has 1 aliphatic rings. The number of rotatable bonds is 2. The minimum Gasteiger partial charge on any atom is -0.382 e. The molecule has 1 aromatic heterocycles. The van der Waals surface area contributed by atoms with Gasteiger partial charge in [0.15, 0.2) is 0 Å². The van der Waals surface area contributed by atoms with E-state index in [0.29, 0.717) is 6.42 Å². The molecule has 0 amide bonds. The van der Waals surface area contributed by atoms with E-state index in [0.717, 1.165) is 36.6 Å². The van der Waals surface area contributed by atoms with Crippen LogP contribution in [0, 0.1) is 0 Å². The molecular weight excluding hydrogens is 317 g/mol. The van der Waals surface area contributed by atoms with Crippen molar-refractivity contribution in [2.45, 2.75) is 38.0 Å². The average molecular weight is 331 g/mol. The fourth-order valence-electron chi connectivity index (χ4n) is 2.93. The predicted molar refractivity (Wildman–Crippen MR) is 75.7 cm³/mol. The summed E-state index contributed by atoms with van der Waals surface area (Å²) >= 11 is 5.93. The fraction of sp³-hybridized carbons (Fsp3) is 0.400. The minimum atomic E-state index is -4.59. The number of aliphatic hydroxyl groups is 1. The molecule has 1 unspecified atom stereocenters. The molecule has 7 heteroatoms. The van der Waals surface area contributed by atoms with Crippen molar-refractivity contribution in [2.75, 3.05) is 0 Å². The zero-order chi connectivity index (χ0) is 15.9. The molecule has 2 aromatic rings. The van der Waals surface area contributed by atoms with Crippen LogP contribution in [0.5, 0.6) is 0 Å². The molecule has 0 radical (unpaired) electrons. The molecule has 1 aliphatic carbocycles. The van der Waals surface area contributed by atoms with Crippen molar-refractivity contribution in [3.63, 3.8) is 0 Å². The maximum absolute atomic E-state index is 13.2. The zero-order valence-electron chi connectivity index (χ0n) is 11.5. The third-order valence-corrected chi connectivity index (χ3v) is 4.31. The Balaban J connectivity index is 2.10. The molecule has 0 fully saturated rings. The molecule has 2 N–H and O–H groups in total. The summed E-state index contributed by atoms with van der Waals surface area (Å²) in [6.07, 6.45) is -2.65. The van der Waals surface area contributed by atoms with Gasteiger partial charge in [0, 0.05) is 16.3 Å². The number of aromatic nitrogens is 2. The molecule has 3 nitrogen and oxygen atoms in total. The summed E-state index contributed by atoms with van der Waals surface area (Å²) in [5.41, 5.74) is 0.678. The molecule has 22 heavy (non-hydrogen) atoms. The van der Waals surface area contributed by atoms with Crippen LogP contribution in [0.2, 0.25) is 5.02 Å². The third kappa shape index (κ3) is 2.61. The number of benzene rings is 1. The van der Waals surface area contributed by atoms with Crippen LogP contribution in [0.3, 0.4) is 0 Å². The Kier molecular flexibility index (Phi) is 3.91. The van der Waals surface area contributed by atoms with Crippen molar-refractivity contribution in [3.8, 4) is 0 Å². The van der Waals surface area contributed by atoms with Gasteiger partial charge in [0.2, 0.25) is 0 Å². The molecule has 1 atom stereocenters. The molecule has 0 aliphatic heterocycles. The SMILES string of the molecule is OC(c1n[nH]c2c1CCCC2)c1c(Cl)cccc1C(F)(F)F. The first-order valence-corrected chi connectivity index (χ1v) is 7.37. The number of aromatic amines is 1. The summed E-state index contributed by atoms with van der Waals surface area (Å²) in [6, 6.07) is 3.49. The maximum Gasteiger partial charge on any atom is 0.416 e. The summed E-state index contributed by atoms with van der Waals surface area (Å²) in [5, 5.41) is 17.2. The van der Waals surface area contributed by atoms with Gasteiger partial charge in [-0.05, 0) is 43.4 Å². The van der Waals surface area contributed by atoms with Crippen molar-refractivity contribution in [3.05, 3.63) is 51.3 Å². The van der Waals surface area contributed by atoms with E-state index in [1.165, 1.54) is 12.1 Å². The maximum atomic E-state index is 13.2. The summed E-state index contributed by atoms with van der Waals surface area (Å²) in [7, 11) is 0. The number of nitrogens with one attached hydrogen (secondary N) is 1. The van der Waals surface area contributed by atoms with E-state index < -0.39 is 17.8 Å². The van der Waals surface area contributed by atoms with E-state index in [1.54, 1.807) is 0 Å². The van der Waals surface area contributed by atoms with E-state index in [4.69, 9.17) is 11.6 Å². The van der Waals surface area contributed by atoms with Crippen LogP contribution in [-0.4, -0.2) is 15.3 Å². The van der Waals surface area contributed by atoms with E-state index in [-0.39, 0.29) is 16.3 Å². The van der Waals surface area contributed by atoms with Gasteiger partial charge in [-0.25, -0.2) is 0 Å². The summed E-state index contributed by atoms with van der Waals surface area (Å²) in [4.78, 5) is 0. The highest BCUT2D eigenvalue weighted by atomic mass is 35.5. The zero-order valence-corrected chi connectivity index (χ0v) is 12.3. The van der Waals surface area contributed by atoms with Crippen LogP contribution in [0.4, 0.5) is 13.2 Å². The summed E-state index contributed by atoms with van der Waals surface area (Å²) < 4.78 is 39.5. The number of halogens is 4. The van der Waals surface area contributed by atoms with Crippen molar-refractivity contribution in [1.29, 1.82) is 0 Å². The first-order valence-electron chi connectivity index (χ1n) is 6.99. The first kappa shape index (κ1) is 15.4. The molecule has 0 saturated heterocycles. The number of nitrogens with zero attached hydrogens (tertiary/aromatic N) is 1. The summed E-state index contributed by atoms with van der Waals surface area (Å²) in [5.74, 6) is 0. The van der Waals surface area contributed by atoms with Crippen molar-refractivity contribution < 1.29 is 18.3 Å². The molecule has 1 heterocycles. The number of H-pyrrole nitrogens is 1. The average Bonchev–Trinajstić information content (AvgIpc) is 2.89. The molecular formula is C15H14ClF3N2O. The van der Waals surface area contributed by atoms with Crippen molar-refractivity contribution >= 4 is 11.6 Å². The van der Waals surface area contributed by atoms with E-state index in [1.807, 2.05) is 0 Å². The normalized spacial score (nSPS) is 16.4. The lowest BCUT2D eigenvalue weighted by atomic mass is 9.91. The van der Waals surface area contributed by atoms with Gasteiger partial charge in [0.25, 0.3) is 0 Å². The van der Waals surface area contributed by atoms with Crippen LogP contribution < -0.4 is 0 Å². The molecule has 0 saturated carbocycles. The van der Waals surface area contributed by atoms with Gasteiger partial charge in [-0.2, -0.15) is 18.3 Å². The largest absolute Gasteiger partial charge is 0.416 e. The summed E-state index contributed by atoms with van der Waals surface area (Å²) in [6.45, 7) is 0. The van der Waals surface area contributed by atoms with Crippen LogP contribution in [0.25, 0.3) is 0 Å². The van der Waals surface area contributed by atoms with Gasteiger partial charge in [-0.1, -0.05) is 17.7 Å². The minimum absolute atomic E-state index is 0.116. The van der Waals surface area contributed by atoms with Gasteiger partial charge in [0.05, 0.1) is 11.3 Å². The lowest BCUT2D eigenvalue weighted by molar-refractivity contribution is -0.139. The second kappa shape index (κ2) is 5.59. The molecule has 0 bridgehead atoms. The lowest BCUT2D eigenvalue weighted by Crippen LogP contribution is -2.15. The highest BCUT2D eigenvalue weighted by Crippen LogP contribution is 2.41. The lowest BCUT2D eigenvalue weighted by Gasteiger charge is -2.19. The Labute approximate surface area is 130 Å². The quantitative estimate of drug-likeness (QED) is 0.873. The number of hydrogen-bond acceptors (Lipinski definition) is 2. The number of aryl methyl sites for hydroxylation is 1. The van der Waals surface area contributed by atoms with E-state index in [9.17, 15) is 18.3 Å². The van der Waals surface area contributed by atoms with Crippen LogP contribution in [0.15, 0.2) is 18.2 Å². The van der Waals surface area contributed by atoms with E-state index >= 15 is 0 Å². The molecule has 118 valence electrons. The van der Waals surface area contributed by atoms with Gasteiger partial charge < -0.3 is 5.11 Å². The smallest absolute Gasteiger partial charge is 0.382 e. The Bertz CT molecular complexity index is 697. The monoisotopic (exact) mass is 330 g/mol. The number of alkyl halides is 3. The molecule has 0 spiro atoms. The van der Waals surface area contributed by atoms with Crippen LogP contribution in [-0.2, 0) is 19.0 Å². The Morgan fingerprint density at radius 1 is 1.23 bits per heavy atom. The number of fused-ring (bicyclic) bond motifs is 1. The van der Waals surface area contributed by atoms with Gasteiger partial charge in [-0.15, -0.1) is 0 Å². The second-order valence-electron chi connectivity index (χ2n) is 5.37. The molecule has 1 aromatic carbocycles. The predicted octanol–water partition coefficient (Wildman–Crippen LogP) is 4.04. The van der Waals surface area contributed by atoms with Gasteiger partial charge in [0.1, 0.15) is 6.10 Å². The van der Waals surface area contributed by atoms with Crippen LogP contribution in [0.1, 0.15) is 47.0 Å². The topological polar surface area (TPSA) is 48.9 Å². The molecule has 3 rings (SSSR count). The first-order chi connectivity index (χ1) is 10.4.